The van der Waals surface area contributed by atoms with Gasteiger partial charge in [-0.25, -0.2) is 4.79 Å². The van der Waals surface area contributed by atoms with Gasteiger partial charge in [-0.15, -0.1) is 11.8 Å². The lowest BCUT2D eigenvalue weighted by Gasteiger charge is -2.44. The van der Waals surface area contributed by atoms with Gasteiger partial charge >= 0.3 is 11.9 Å². The third-order valence-electron chi connectivity index (χ3n) is 3.34. The second-order valence-corrected chi connectivity index (χ2v) is 7.31. The number of aliphatic carboxylic acids is 1. The molecule has 0 radical (unpaired) electrons. The summed E-state index contributed by atoms with van der Waals surface area (Å²) >= 11 is 2.10. The minimum atomic E-state index is -1.34. The maximum absolute atomic E-state index is 11.9. The van der Waals surface area contributed by atoms with Crippen LogP contribution < -0.4 is 11.1 Å². The number of amides is 2. The largest absolute Gasteiger partial charge is 0.477 e. The number of carboxylic acid groups (broad SMARTS) is 1. The lowest BCUT2D eigenvalue weighted by molar-refractivity contribution is -0.149. The number of carbonyl (C=O) groups is 4. The topological polar surface area (TPSA) is 163 Å². The van der Waals surface area contributed by atoms with Crippen molar-refractivity contribution in [1.82, 2.24) is 10.2 Å². The van der Waals surface area contributed by atoms with Crippen LogP contribution in [0.1, 0.15) is 13.3 Å². The number of thioether (sulfide) groups is 2. The first-order valence-electron chi connectivity index (χ1n) is 7.04. The van der Waals surface area contributed by atoms with E-state index in [9.17, 15) is 24.3 Å². The van der Waals surface area contributed by atoms with Crippen molar-refractivity contribution >= 4 is 52.4 Å². The Morgan fingerprint density at radius 2 is 2.24 bits per heavy atom. The van der Waals surface area contributed by atoms with E-state index in [1.807, 2.05) is 0 Å². The SMILES string of the molecule is CC(=O)OC(NC(=O)CSC(=N)N)C1=C(C(=O)O)N2C(=O)C[C@H]2SC1. The summed E-state index contributed by atoms with van der Waals surface area (Å²) in [5.41, 5.74) is 5.01. The van der Waals surface area contributed by atoms with E-state index in [4.69, 9.17) is 15.9 Å². The van der Waals surface area contributed by atoms with Gasteiger partial charge in [0.15, 0.2) is 5.17 Å². The molecule has 2 aliphatic rings. The summed E-state index contributed by atoms with van der Waals surface area (Å²) in [7, 11) is 0. The quantitative estimate of drug-likeness (QED) is 0.151. The molecule has 0 aliphatic carbocycles. The van der Waals surface area contributed by atoms with Gasteiger partial charge in [-0.3, -0.25) is 24.7 Å². The first-order chi connectivity index (χ1) is 11.7. The Morgan fingerprint density at radius 3 is 2.76 bits per heavy atom. The fourth-order valence-corrected chi connectivity index (χ4v) is 3.99. The number of nitrogens with zero attached hydrogens (tertiary/aromatic N) is 1. The Balaban J connectivity index is 2.27. The summed E-state index contributed by atoms with van der Waals surface area (Å²) < 4.78 is 5.05. The predicted octanol–water partition coefficient (Wildman–Crippen LogP) is -0.738. The molecule has 2 atom stereocenters. The molecule has 136 valence electrons. The molecule has 5 N–H and O–H groups in total. The number of rotatable bonds is 6. The number of carboxylic acids is 1. The number of fused-ring (bicyclic) bond motifs is 1. The van der Waals surface area contributed by atoms with E-state index in [0.717, 1.165) is 23.6 Å². The molecule has 0 aromatic rings. The van der Waals surface area contributed by atoms with Crippen LogP contribution in [-0.4, -0.2) is 62.0 Å². The molecular weight excluding hydrogens is 372 g/mol. The zero-order valence-corrected chi connectivity index (χ0v) is 14.7. The van der Waals surface area contributed by atoms with Crippen molar-refractivity contribution in [2.45, 2.75) is 24.9 Å². The van der Waals surface area contributed by atoms with Gasteiger partial charge in [0.2, 0.25) is 18.0 Å². The predicted molar refractivity (Wildman–Crippen MR) is 90.4 cm³/mol. The molecule has 0 saturated carbocycles. The number of hydrogen-bond acceptors (Lipinski definition) is 8. The molecule has 1 unspecified atom stereocenters. The molecule has 0 bridgehead atoms. The van der Waals surface area contributed by atoms with Crippen LogP contribution in [0.3, 0.4) is 0 Å². The first kappa shape index (κ1) is 19.1. The maximum Gasteiger partial charge on any atom is 0.352 e. The zero-order chi connectivity index (χ0) is 18.7. The number of amidine groups is 1. The van der Waals surface area contributed by atoms with Crippen molar-refractivity contribution in [1.29, 1.82) is 5.41 Å². The highest BCUT2D eigenvalue weighted by Gasteiger charge is 2.47. The van der Waals surface area contributed by atoms with E-state index in [1.165, 1.54) is 11.8 Å². The van der Waals surface area contributed by atoms with Crippen molar-refractivity contribution in [3.05, 3.63) is 11.3 Å². The molecule has 10 nitrogen and oxygen atoms in total. The van der Waals surface area contributed by atoms with Gasteiger partial charge in [-0.05, 0) is 0 Å². The lowest BCUT2D eigenvalue weighted by Crippen LogP contribution is -2.56. The summed E-state index contributed by atoms with van der Waals surface area (Å²) in [6, 6.07) is 0. The second kappa shape index (κ2) is 7.78. The van der Waals surface area contributed by atoms with Crippen LogP contribution in [-0.2, 0) is 23.9 Å². The molecule has 0 spiro atoms. The lowest BCUT2D eigenvalue weighted by atomic mass is 10.1. The minimum absolute atomic E-state index is 0.123. The molecule has 12 heteroatoms. The number of hydrogen-bond donors (Lipinski definition) is 4. The molecule has 2 rings (SSSR count). The minimum Gasteiger partial charge on any atom is -0.477 e. The van der Waals surface area contributed by atoms with Crippen LogP contribution in [0.4, 0.5) is 0 Å². The molecule has 2 amide bonds. The van der Waals surface area contributed by atoms with Crippen LogP contribution in [0, 0.1) is 5.41 Å². The van der Waals surface area contributed by atoms with Crippen LogP contribution in [0.15, 0.2) is 11.3 Å². The van der Waals surface area contributed by atoms with E-state index >= 15 is 0 Å². The monoisotopic (exact) mass is 388 g/mol. The molecular formula is C13H16N4O6S2. The highest BCUT2D eigenvalue weighted by atomic mass is 32.2. The van der Waals surface area contributed by atoms with E-state index in [-0.39, 0.29) is 45.6 Å². The molecule has 0 aromatic carbocycles. The normalized spacial score (nSPS) is 20.3. The van der Waals surface area contributed by atoms with Gasteiger partial charge in [0, 0.05) is 18.2 Å². The van der Waals surface area contributed by atoms with Gasteiger partial charge in [0.1, 0.15) is 5.70 Å². The highest BCUT2D eigenvalue weighted by molar-refractivity contribution is 8.14. The van der Waals surface area contributed by atoms with Gasteiger partial charge in [-0.2, -0.15) is 0 Å². The van der Waals surface area contributed by atoms with Crippen LogP contribution in [0.2, 0.25) is 0 Å². The summed E-state index contributed by atoms with van der Waals surface area (Å²) in [6.45, 7) is 1.12. The van der Waals surface area contributed by atoms with Gasteiger partial charge < -0.3 is 20.9 Å². The molecule has 2 aliphatic heterocycles. The zero-order valence-electron chi connectivity index (χ0n) is 13.1. The summed E-state index contributed by atoms with van der Waals surface area (Å²) in [4.78, 5) is 47.8. The van der Waals surface area contributed by atoms with E-state index in [1.54, 1.807) is 0 Å². The van der Waals surface area contributed by atoms with Crippen LogP contribution >= 0.6 is 23.5 Å². The van der Waals surface area contributed by atoms with Gasteiger partial charge in [0.05, 0.1) is 17.5 Å². The molecule has 25 heavy (non-hydrogen) atoms. The average molecular weight is 388 g/mol. The number of β-lactam (4-membered cyclic amide) rings is 1. The van der Waals surface area contributed by atoms with E-state index < -0.39 is 24.1 Å². The smallest absolute Gasteiger partial charge is 0.352 e. The Hall–Kier alpha value is -2.21. The Bertz CT molecular complexity index is 679. The first-order valence-corrected chi connectivity index (χ1v) is 9.07. The summed E-state index contributed by atoms with van der Waals surface area (Å²) in [5.74, 6) is -2.99. The third kappa shape index (κ3) is 4.45. The number of esters is 1. The van der Waals surface area contributed by atoms with Crippen molar-refractivity contribution < 1.29 is 29.0 Å². The Kier molecular flexibility index (Phi) is 5.95. The molecule has 0 aromatic heterocycles. The average Bonchev–Trinajstić information content (AvgIpc) is 2.50. The van der Waals surface area contributed by atoms with Gasteiger partial charge in [-0.1, -0.05) is 11.8 Å². The number of ether oxygens (including phenoxy) is 1. The Labute approximate surface area is 151 Å². The second-order valence-electron chi connectivity index (χ2n) is 5.12. The summed E-state index contributed by atoms with van der Waals surface area (Å²) in [5, 5.41) is 18.5. The standard InChI is InChI=1S/C13H16N4O6S2/c1-5(18)23-11(16-7(19)4-25-13(14)15)6-3-24-9-2-8(20)17(9)10(6)12(21)22/h9,11H,2-4H2,1H3,(H3,14,15)(H,16,19)(H,21,22)/t9-,11?/m1/s1. The van der Waals surface area contributed by atoms with Crippen LogP contribution in [0.25, 0.3) is 0 Å². The van der Waals surface area contributed by atoms with Crippen molar-refractivity contribution in [3.63, 3.8) is 0 Å². The van der Waals surface area contributed by atoms with E-state index in [0.29, 0.717) is 0 Å². The van der Waals surface area contributed by atoms with Crippen molar-refractivity contribution in [3.8, 4) is 0 Å². The van der Waals surface area contributed by atoms with Crippen molar-refractivity contribution in [2.24, 2.45) is 5.73 Å². The molecule has 1 fully saturated rings. The highest BCUT2D eigenvalue weighted by Crippen LogP contribution is 2.40. The van der Waals surface area contributed by atoms with Crippen molar-refractivity contribution in [2.75, 3.05) is 11.5 Å². The number of nitrogens with one attached hydrogen (secondary N) is 2. The molecule has 1 saturated heterocycles. The number of nitrogens with two attached hydrogens (primary N) is 1. The summed E-state index contributed by atoms with van der Waals surface area (Å²) in [6.07, 6.45) is -1.07. The maximum atomic E-state index is 11.9. The third-order valence-corrected chi connectivity index (χ3v) is 5.29. The number of carbonyl (C=O) groups excluding carboxylic acids is 3. The van der Waals surface area contributed by atoms with Gasteiger partial charge in [0.25, 0.3) is 0 Å². The Morgan fingerprint density at radius 1 is 1.56 bits per heavy atom. The van der Waals surface area contributed by atoms with Crippen LogP contribution in [0.5, 0.6) is 0 Å². The van der Waals surface area contributed by atoms with E-state index in [2.05, 4.69) is 5.32 Å². The fraction of sp³-hybridized carbons (Fsp3) is 0.462. The fourth-order valence-electron chi connectivity index (χ4n) is 2.32. The molecule has 2 heterocycles.